The fraction of sp³-hybridized carbons (Fsp3) is 0.667. The van der Waals surface area contributed by atoms with E-state index in [0.29, 0.717) is 0 Å². The molecule has 1 rings (SSSR count). The average molecular weight is 551 g/mol. The molecule has 0 aliphatic heterocycles. The second kappa shape index (κ2) is 12.4. The topological polar surface area (TPSA) is 114 Å². The molecule has 0 fully saturated rings. The summed E-state index contributed by atoms with van der Waals surface area (Å²) in [7, 11) is -10.9. The monoisotopic (exact) mass is 550 g/mol. The number of hydrogen-bond acceptors (Lipinski definition) is 7. The Morgan fingerprint density at radius 2 is 1.39 bits per heavy atom. The van der Waals surface area contributed by atoms with Gasteiger partial charge in [0.1, 0.15) is 0 Å². The zero-order valence-electron chi connectivity index (χ0n) is 18.0. The van der Waals surface area contributed by atoms with E-state index in [1.807, 2.05) is 0 Å². The van der Waals surface area contributed by atoms with Crippen LogP contribution in [0.4, 0.5) is 26.3 Å². The van der Waals surface area contributed by atoms with E-state index in [0.717, 1.165) is 29.6 Å². The second-order valence-electron chi connectivity index (χ2n) is 6.16. The van der Waals surface area contributed by atoms with Crippen LogP contribution in [0.3, 0.4) is 0 Å². The molecule has 0 spiro atoms. The lowest BCUT2D eigenvalue weighted by atomic mass is 10.2. The van der Waals surface area contributed by atoms with Crippen molar-refractivity contribution >= 4 is 28.9 Å². The van der Waals surface area contributed by atoms with Crippen LogP contribution in [0.1, 0.15) is 18.9 Å². The zero-order chi connectivity index (χ0) is 26.1. The van der Waals surface area contributed by atoms with Gasteiger partial charge in [-0.3, -0.25) is 0 Å². The van der Waals surface area contributed by atoms with Gasteiger partial charge in [-0.1, -0.05) is 13.3 Å². The van der Waals surface area contributed by atoms with Crippen molar-refractivity contribution in [2.24, 2.45) is 0 Å². The van der Waals surface area contributed by atoms with E-state index in [4.69, 9.17) is 13.3 Å². The van der Waals surface area contributed by atoms with Crippen molar-refractivity contribution in [2.45, 2.75) is 43.4 Å². The van der Waals surface area contributed by atoms with Gasteiger partial charge in [-0.15, -0.1) is 0 Å². The van der Waals surface area contributed by atoms with Gasteiger partial charge < -0.3 is 17.4 Å². The Kier molecular flexibility index (Phi) is 11.9. The maximum Gasteiger partial charge on any atom is 0.506 e. The summed E-state index contributed by atoms with van der Waals surface area (Å²) in [6.07, 6.45) is 6.53. The van der Waals surface area contributed by atoms with Crippen LogP contribution in [0.2, 0.25) is 6.04 Å². The summed E-state index contributed by atoms with van der Waals surface area (Å²) in [4.78, 5) is 0. The molecule has 1 heterocycles. The van der Waals surface area contributed by atoms with Gasteiger partial charge in [0.15, 0.2) is 39.0 Å². The highest BCUT2D eigenvalue weighted by Crippen LogP contribution is 2.36. The van der Waals surface area contributed by atoms with E-state index >= 15 is 0 Å². The number of nitrogens with zero attached hydrogens (tertiary/aromatic N) is 2. The van der Waals surface area contributed by atoms with Gasteiger partial charge in [-0.2, -0.15) is 26.3 Å². The highest BCUT2D eigenvalue weighted by atomic mass is 32.3. The molecule has 0 atom stereocenters. The Morgan fingerprint density at radius 1 is 0.939 bits per heavy atom. The van der Waals surface area contributed by atoms with Gasteiger partial charge in [0.25, 0.3) is 0 Å². The van der Waals surface area contributed by atoms with Crippen molar-refractivity contribution in [3.8, 4) is 0 Å². The minimum Gasteiger partial charge on any atom is -0.421 e. The SMILES string of the molecule is CCCc1ccc[n+](CC[Si](OC)(OC)OC)c1.O=S(=O)([N-]S(=O)(=O)C(F)(F)F)C(F)(F)F. The normalized spacial score (nSPS) is 13.4. The third-order valence-corrected chi connectivity index (χ3v) is 9.29. The van der Waals surface area contributed by atoms with Crippen LogP contribution < -0.4 is 4.57 Å². The lowest BCUT2D eigenvalue weighted by Gasteiger charge is -2.22. The van der Waals surface area contributed by atoms with Crippen LogP contribution in [0.15, 0.2) is 24.5 Å². The Morgan fingerprint density at radius 3 is 1.76 bits per heavy atom. The number of halogens is 6. The van der Waals surface area contributed by atoms with Gasteiger partial charge in [-0.25, -0.2) is 21.4 Å². The zero-order valence-corrected chi connectivity index (χ0v) is 20.6. The Balaban J connectivity index is 0.000000633. The first-order valence-electron chi connectivity index (χ1n) is 8.90. The molecule has 194 valence electrons. The van der Waals surface area contributed by atoms with Crippen molar-refractivity contribution in [3.05, 3.63) is 34.2 Å². The maximum atomic E-state index is 11.4. The van der Waals surface area contributed by atoms with Gasteiger partial charge in [0.2, 0.25) is 0 Å². The van der Waals surface area contributed by atoms with Gasteiger partial charge in [0.05, 0.1) is 6.04 Å². The molecule has 1 aromatic heterocycles. The molecule has 0 aliphatic rings. The summed E-state index contributed by atoms with van der Waals surface area (Å²) >= 11 is 0. The minimum absolute atomic E-state index is 0.775. The highest BCUT2D eigenvalue weighted by Gasteiger charge is 2.47. The number of hydrogen-bond donors (Lipinski definition) is 0. The van der Waals surface area contributed by atoms with E-state index in [1.165, 1.54) is 5.56 Å². The predicted octanol–water partition coefficient (Wildman–Crippen LogP) is 2.86. The maximum absolute atomic E-state index is 11.4. The number of rotatable bonds is 10. The van der Waals surface area contributed by atoms with Crippen LogP contribution >= 0.6 is 0 Å². The third-order valence-electron chi connectivity index (χ3n) is 3.85. The van der Waals surface area contributed by atoms with Crippen molar-refractivity contribution in [1.82, 2.24) is 0 Å². The predicted molar refractivity (Wildman–Crippen MR) is 106 cm³/mol. The molecule has 9 nitrogen and oxygen atoms in total. The average Bonchev–Trinajstić information content (AvgIpc) is 2.68. The second-order valence-corrected chi connectivity index (χ2v) is 12.7. The van der Waals surface area contributed by atoms with Crippen LogP contribution in [0, 0.1) is 0 Å². The Bertz CT molecular complexity index is 902. The van der Waals surface area contributed by atoms with E-state index in [2.05, 4.69) is 36.0 Å². The molecular formula is C15H24F6N2O7S2Si. The lowest BCUT2D eigenvalue weighted by molar-refractivity contribution is -0.694. The number of pyridine rings is 1. The van der Waals surface area contributed by atoms with Gasteiger partial charge >= 0.3 is 19.8 Å². The van der Waals surface area contributed by atoms with E-state index < -0.39 is 39.9 Å². The first-order valence-corrected chi connectivity index (χ1v) is 13.7. The summed E-state index contributed by atoms with van der Waals surface area (Å²) in [6.45, 7) is 3.04. The Labute approximate surface area is 189 Å². The van der Waals surface area contributed by atoms with Crippen molar-refractivity contribution in [3.63, 3.8) is 0 Å². The number of aromatic nitrogens is 1. The van der Waals surface area contributed by atoms with Crippen molar-refractivity contribution in [2.75, 3.05) is 21.3 Å². The van der Waals surface area contributed by atoms with E-state index in [-0.39, 0.29) is 0 Å². The van der Waals surface area contributed by atoms with E-state index in [1.54, 1.807) is 21.3 Å². The fourth-order valence-electron chi connectivity index (χ4n) is 2.19. The van der Waals surface area contributed by atoms with Gasteiger partial charge in [-0.05, 0) is 12.5 Å². The standard InChI is InChI=1S/C13H24NO3Si.C2F6NO4S2/c1-5-7-13-8-6-9-14(12-13)10-11-18(15-2,16-3)17-4;3-1(4,5)14(10,11)9-15(12,13)2(6,7)8/h6,8-9,12H,5,7,10-11H2,1-4H3;/q+1;-1. The van der Waals surface area contributed by atoms with Crippen LogP contribution in [0.25, 0.3) is 4.13 Å². The lowest BCUT2D eigenvalue weighted by Crippen LogP contribution is -2.47. The largest absolute Gasteiger partial charge is 0.506 e. The first-order chi connectivity index (χ1) is 14.9. The van der Waals surface area contributed by atoms with Crippen molar-refractivity contribution in [1.29, 1.82) is 0 Å². The summed E-state index contributed by atoms with van der Waals surface area (Å²) in [5.41, 5.74) is -11.0. The molecule has 0 radical (unpaired) electrons. The molecular weight excluding hydrogens is 526 g/mol. The molecule has 0 unspecified atom stereocenters. The number of aryl methyl sites for hydroxylation is 2. The molecule has 0 aliphatic carbocycles. The summed E-state index contributed by atoms with van der Waals surface area (Å²) in [6, 6.07) is 5.02. The molecule has 0 aromatic carbocycles. The van der Waals surface area contributed by atoms with Gasteiger partial charge in [0, 0.05) is 33.0 Å². The molecule has 0 N–H and O–H groups in total. The molecule has 18 heteroatoms. The highest BCUT2D eigenvalue weighted by molar-refractivity contribution is 8.13. The molecule has 0 bridgehead atoms. The molecule has 0 saturated heterocycles. The molecule has 0 saturated carbocycles. The number of sulfonamides is 2. The van der Waals surface area contributed by atoms with Crippen LogP contribution in [-0.4, -0.2) is 58.0 Å². The molecule has 33 heavy (non-hydrogen) atoms. The molecule has 1 aromatic rings. The summed E-state index contributed by atoms with van der Waals surface area (Å²) in [5.74, 6) is 0. The first kappa shape index (κ1) is 31.7. The van der Waals surface area contributed by atoms with E-state index in [9.17, 15) is 43.2 Å². The molecule has 0 amide bonds. The third kappa shape index (κ3) is 9.83. The summed E-state index contributed by atoms with van der Waals surface area (Å²) < 4.78 is 128. The quantitative estimate of drug-likeness (QED) is 0.250. The Hall–Kier alpha value is -1.31. The van der Waals surface area contributed by atoms with Crippen LogP contribution in [0.5, 0.6) is 0 Å². The van der Waals surface area contributed by atoms with Crippen molar-refractivity contribution < 1.29 is 61.0 Å². The van der Waals surface area contributed by atoms with Crippen LogP contribution in [-0.2, 0) is 46.3 Å². The summed E-state index contributed by atoms with van der Waals surface area (Å²) in [5, 5.41) is 0. The smallest absolute Gasteiger partial charge is 0.421 e. The number of alkyl halides is 6. The fourth-order valence-corrected chi connectivity index (χ4v) is 5.54. The minimum atomic E-state index is -6.72.